The zero-order valence-corrected chi connectivity index (χ0v) is 20.8. The highest BCUT2D eigenvalue weighted by atomic mass is 15.3. The average molecular weight is 383 g/mol. The highest BCUT2D eigenvalue weighted by molar-refractivity contribution is 5.01. The van der Waals surface area contributed by atoms with Gasteiger partial charge in [-0.1, -0.05) is 0 Å². The van der Waals surface area contributed by atoms with Crippen LogP contribution in [0.2, 0.25) is 0 Å². The van der Waals surface area contributed by atoms with Crippen LogP contribution in [0.15, 0.2) is 0 Å². The van der Waals surface area contributed by atoms with E-state index in [0.29, 0.717) is 17.1 Å². The van der Waals surface area contributed by atoms with E-state index in [-0.39, 0.29) is 11.1 Å². The first-order chi connectivity index (χ1) is 11.9. The van der Waals surface area contributed by atoms with Gasteiger partial charge in [-0.15, -0.1) is 0 Å². The summed E-state index contributed by atoms with van der Waals surface area (Å²) in [6.45, 7) is 18.6. The lowest BCUT2D eigenvalue weighted by atomic mass is 9.77. The van der Waals surface area contributed by atoms with Crippen LogP contribution in [0.5, 0.6) is 0 Å². The molecule has 2 aliphatic rings. The Bertz CT molecular complexity index is 443. The van der Waals surface area contributed by atoms with Crippen LogP contribution in [0.3, 0.4) is 0 Å². The van der Waals surface area contributed by atoms with E-state index in [1.807, 2.05) is 0 Å². The fraction of sp³-hybridized carbons (Fsp3) is 1.00. The molecule has 2 heterocycles. The largest absolute Gasteiger partial charge is 0.307 e. The van der Waals surface area contributed by atoms with E-state index in [4.69, 9.17) is 0 Å². The zero-order valence-electron chi connectivity index (χ0n) is 20.8. The molecule has 0 atom stereocenters. The number of nitrogens with zero attached hydrogens (tertiary/aromatic N) is 3. The van der Waals surface area contributed by atoms with Gasteiger partial charge in [0.25, 0.3) is 0 Å². The molecule has 162 valence electrons. The maximum Gasteiger partial charge on any atom is 0.0170 e. The van der Waals surface area contributed by atoms with E-state index >= 15 is 0 Å². The number of hydrogen-bond acceptors (Lipinski definition) is 4. The van der Waals surface area contributed by atoms with Crippen LogP contribution in [-0.4, -0.2) is 84.2 Å². The third-order valence-electron chi connectivity index (χ3n) is 6.92. The summed E-state index contributed by atoms with van der Waals surface area (Å²) in [6.07, 6.45) is 5.01. The first-order valence-electron chi connectivity index (χ1n) is 10.7. The number of rotatable bonds is 2. The quantitative estimate of drug-likeness (QED) is 0.777. The van der Waals surface area contributed by atoms with Crippen molar-refractivity contribution in [2.24, 2.45) is 0 Å². The molecule has 2 fully saturated rings. The van der Waals surface area contributed by atoms with Crippen molar-refractivity contribution in [3.05, 3.63) is 0 Å². The molecule has 27 heavy (non-hydrogen) atoms. The molecule has 2 rings (SSSR count). The highest BCUT2D eigenvalue weighted by Gasteiger charge is 2.43. The first-order valence-corrected chi connectivity index (χ1v) is 10.7. The standard InChI is InChI=1S/C12H26N2.C11H24N2/c1-11(2)8-10(13(5)6)9-12(3,4)14(11)7;1-10(2)7-9(13(5)6)8-11(3,4)12-10/h10H,8-9H2,1-7H3;9,12H,7-8H2,1-6H3. The van der Waals surface area contributed by atoms with Crippen LogP contribution in [0, 0.1) is 0 Å². The fourth-order valence-corrected chi connectivity index (χ4v) is 5.32. The summed E-state index contributed by atoms with van der Waals surface area (Å²) in [5.41, 5.74) is 1.18. The van der Waals surface area contributed by atoms with Crippen LogP contribution >= 0.6 is 0 Å². The first kappa shape index (κ1) is 24.9. The smallest absolute Gasteiger partial charge is 0.0170 e. The summed E-state index contributed by atoms with van der Waals surface area (Å²) in [5.74, 6) is 0. The topological polar surface area (TPSA) is 21.8 Å². The molecule has 0 aliphatic carbocycles. The number of likely N-dealkylation sites (tertiary alicyclic amines) is 1. The Morgan fingerprint density at radius 2 is 0.926 bits per heavy atom. The van der Waals surface area contributed by atoms with Gasteiger partial charge in [-0.25, -0.2) is 0 Å². The van der Waals surface area contributed by atoms with Crippen LogP contribution in [0.4, 0.5) is 0 Å². The van der Waals surface area contributed by atoms with Gasteiger partial charge in [-0.2, -0.15) is 0 Å². The van der Waals surface area contributed by atoms with Gasteiger partial charge in [0.2, 0.25) is 0 Å². The van der Waals surface area contributed by atoms with Gasteiger partial charge >= 0.3 is 0 Å². The van der Waals surface area contributed by atoms with Crippen molar-refractivity contribution < 1.29 is 0 Å². The molecule has 0 spiro atoms. The molecule has 2 aliphatic heterocycles. The predicted molar refractivity (Wildman–Crippen MR) is 121 cm³/mol. The Kier molecular flexibility index (Phi) is 7.64. The van der Waals surface area contributed by atoms with Crippen LogP contribution in [0.25, 0.3) is 0 Å². The average Bonchev–Trinajstić information content (AvgIpc) is 2.41. The summed E-state index contributed by atoms with van der Waals surface area (Å²) >= 11 is 0. The SMILES string of the molecule is CN(C)C1CC(C)(C)N(C)C(C)(C)C1.CN(C)C1CC(C)(C)NC(C)(C)C1. The molecule has 0 radical (unpaired) electrons. The molecule has 4 nitrogen and oxygen atoms in total. The summed E-state index contributed by atoms with van der Waals surface area (Å²) in [7, 11) is 11.0. The van der Waals surface area contributed by atoms with E-state index in [9.17, 15) is 0 Å². The molecule has 2 saturated heterocycles. The Morgan fingerprint density at radius 3 is 1.22 bits per heavy atom. The van der Waals surface area contributed by atoms with Crippen molar-refractivity contribution in [1.29, 1.82) is 0 Å². The van der Waals surface area contributed by atoms with E-state index < -0.39 is 0 Å². The van der Waals surface area contributed by atoms with Gasteiger partial charge in [0, 0.05) is 34.2 Å². The lowest BCUT2D eigenvalue weighted by Gasteiger charge is -2.55. The van der Waals surface area contributed by atoms with E-state index in [1.165, 1.54) is 25.7 Å². The third kappa shape index (κ3) is 6.99. The minimum absolute atomic E-state index is 0.274. The van der Waals surface area contributed by atoms with Gasteiger partial charge in [0.05, 0.1) is 0 Å². The molecule has 0 aromatic heterocycles. The second-order valence-electron chi connectivity index (χ2n) is 12.1. The van der Waals surface area contributed by atoms with Gasteiger partial charge < -0.3 is 15.1 Å². The monoisotopic (exact) mass is 382 g/mol. The van der Waals surface area contributed by atoms with Crippen molar-refractivity contribution in [2.75, 3.05) is 35.2 Å². The number of piperidine rings is 2. The molecule has 0 aromatic rings. The van der Waals surface area contributed by atoms with Crippen LogP contribution in [-0.2, 0) is 0 Å². The van der Waals surface area contributed by atoms with Crippen molar-refractivity contribution >= 4 is 0 Å². The third-order valence-corrected chi connectivity index (χ3v) is 6.92. The van der Waals surface area contributed by atoms with Crippen molar-refractivity contribution in [2.45, 2.75) is 115 Å². The minimum atomic E-state index is 0.274. The molecular formula is C23H50N4. The maximum absolute atomic E-state index is 3.69. The Hall–Kier alpha value is -0.160. The van der Waals surface area contributed by atoms with Crippen LogP contribution < -0.4 is 5.32 Å². The Labute approximate surface area is 171 Å². The summed E-state index contributed by atoms with van der Waals surface area (Å²) in [5, 5.41) is 3.69. The Balaban J connectivity index is 0.000000271. The molecule has 1 N–H and O–H groups in total. The van der Waals surface area contributed by atoms with Crippen LogP contribution in [0.1, 0.15) is 81.1 Å². The second-order valence-corrected chi connectivity index (χ2v) is 12.1. The summed E-state index contributed by atoms with van der Waals surface area (Å²) in [6, 6.07) is 1.43. The molecule has 0 amide bonds. The molecule has 0 unspecified atom stereocenters. The number of hydrogen-bond donors (Lipinski definition) is 1. The van der Waals surface area contributed by atoms with Crippen molar-refractivity contribution in [1.82, 2.24) is 20.0 Å². The molecule has 4 heteroatoms. The van der Waals surface area contributed by atoms with Crippen molar-refractivity contribution in [3.63, 3.8) is 0 Å². The van der Waals surface area contributed by atoms with E-state index in [0.717, 1.165) is 6.04 Å². The van der Waals surface area contributed by atoms with E-state index in [2.05, 4.69) is 111 Å². The maximum atomic E-state index is 3.69. The molecule has 0 bridgehead atoms. The van der Waals surface area contributed by atoms with Gasteiger partial charge in [-0.05, 0) is 116 Å². The summed E-state index contributed by atoms with van der Waals surface area (Å²) < 4.78 is 0. The van der Waals surface area contributed by atoms with Crippen molar-refractivity contribution in [3.8, 4) is 0 Å². The predicted octanol–water partition coefficient (Wildman–Crippen LogP) is 4.06. The molecular weight excluding hydrogens is 332 g/mol. The van der Waals surface area contributed by atoms with Gasteiger partial charge in [0.1, 0.15) is 0 Å². The molecule has 0 aromatic carbocycles. The fourth-order valence-electron chi connectivity index (χ4n) is 5.32. The Morgan fingerprint density at radius 1 is 0.630 bits per heavy atom. The summed E-state index contributed by atoms with van der Waals surface area (Å²) in [4.78, 5) is 7.25. The minimum Gasteiger partial charge on any atom is -0.307 e. The van der Waals surface area contributed by atoms with Gasteiger partial charge in [-0.3, -0.25) is 4.90 Å². The normalized spacial score (nSPS) is 28.1. The lowest BCUT2D eigenvalue weighted by molar-refractivity contribution is -0.0379. The van der Waals surface area contributed by atoms with E-state index in [1.54, 1.807) is 0 Å². The van der Waals surface area contributed by atoms with Gasteiger partial charge in [0.15, 0.2) is 0 Å². The molecule has 0 saturated carbocycles. The number of nitrogens with one attached hydrogen (secondary N) is 1. The highest BCUT2D eigenvalue weighted by Crippen LogP contribution is 2.38. The lowest BCUT2D eigenvalue weighted by Crippen LogP contribution is -2.61. The zero-order chi connectivity index (χ0) is 21.4. The second kappa shape index (κ2) is 8.30.